The predicted molar refractivity (Wildman–Crippen MR) is 82.6 cm³/mol. The molecular weight excluding hydrogens is 258 g/mol. The lowest BCUT2D eigenvalue weighted by Crippen LogP contribution is -2.36. The van der Waals surface area contributed by atoms with Crippen molar-refractivity contribution in [1.29, 1.82) is 0 Å². The van der Waals surface area contributed by atoms with Crippen molar-refractivity contribution in [1.82, 2.24) is 5.32 Å². The van der Waals surface area contributed by atoms with Crippen LogP contribution in [0, 0.1) is 5.41 Å². The highest BCUT2D eigenvalue weighted by Gasteiger charge is 2.45. The molecule has 0 amide bonds. The van der Waals surface area contributed by atoms with Crippen LogP contribution in [0.15, 0.2) is 0 Å². The summed E-state index contributed by atoms with van der Waals surface area (Å²) >= 11 is 2.05. The van der Waals surface area contributed by atoms with Crippen molar-refractivity contribution < 1.29 is 9.53 Å². The first-order valence-corrected chi connectivity index (χ1v) is 8.51. The molecule has 1 N–H and O–H groups in total. The van der Waals surface area contributed by atoms with Crippen molar-refractivity contribution in [3.8, 4) is 0 Å². The fourth-order valence-electron chi connectivity index (χ4n) is 2.56. The van der Waals surface area contributed by atoms with Gasteiger partial charge in [-0.05, 0) is 43.9 Å². The number of methoxy groups -OCH3 is 1. The molecule has 2 unspecified atom stereocenters. The van der Waals surface area contributed by atoms with E-state index < -0.39 is 0 Å². The van der Waals surface area contributed by atoms with E-state index in [1.165, 1.54) is 39.2 Å². The van der Waals surface area contributed by atoms with Gasteiger partial charge in [0, 0.05) is 11.3 Å². The summed E-state index contributed by atoms with van der Waals surface area (Å²) in [6.07, 6.45) is 6.60. The number of ether oxygens (including phenoxy) is 1. The number of hydrogen-bond acceptors (Lipinski definition) is 4. The van der Waals surface area contributed by atoms with Gasteiger partial charge in [-0.2, -0.15) is 11.8 Å². The van der Waals surface area contributed by atoms with Gasteiger partial charge in [0.2, 0.25) is 0 Å². The van der Waals surface area contributed by atoms with E-state index in [-0.39, 0.29) is 11.4 Å². The normalized spacial score (nSPS) is 19.8. The summed E-state index contributed by atoms with van der Waals surface area (Å²) in [6, 6.07) is 0.592. The molecule has 0 heterocycles. The highest BCUT2D eigenvalue weighted by molar-refractivity contribution is 8.00. The third kappa shape index (κ3) is 5.35. The van der Waals surface area contributed by atoms with Gasteiger partial charge in [-0.1, -0.05) is 20.3 Å². The summed E-state index contributed by atoms with van der Waals surface area (Å²) in [5.74, 6) is 1.05. The van der Waals surface area contributed by atoms with Gasteiger partial charge < -0.3 is 10.1 Å². The van der Waals surface area contributed by atoms with Crippen molar-refractivity contribution in [2.45, 2.75) is 63.7 Å². The molecule has 0 aliphatic heterocycles. The lowest BCUT2D eigenvalue weighted by molar-refractivity contribution is -0.141. The smallest absolute Gasteiger partial charge is 0.306 e. The first kappa shape index (κ1) is 16.8. The molecule has 1 rings (SSSR count). The van der Waals surface area contributed by atoms with Gasteiger partial charge in [0.15, 0.2) is 0 Å². The average Bonchev–Trinajstić information content (AvgIpc) is 3.17. The van der Waals surface area contributed by atoms with Crippen LogP contribution in [-0.4, -0.2) is 37.2 Å². The first-order valence-electron chi connectivity index (χ1n) is 7.46. The molecule has 0 aromatic heterocycles. The van der Waals surface area contributed by atoms with E-state index in [9.17, 15) is 4.79 Å². The topological polar surface area (TPSA) is 38.3 Å². The lowest BCUT2D eigenvalue weighted by Gasteiger charge is -2.27. The molecule has 2 atom stereocenters. The van der Waals surface area contributed by atoms with Gasteiger partial charge >= 0.3 is 5.97 Å². The molecule has 0 radical (unpaired) electrons. The van der Waals surface area contributed by atoms with Crippen LogP contribution < -0.4 is 5.32 Å². The molecule has 3 nitrogen and oxygen atoms in total. The molecule has 1 saturated carbocycles. The van der Waals surface area contributed by atoms with Gasteiger partial charge in [0.25, 0.3) is 0 Å². The molecular formula is C15H29NO2S. The van der Waals surface area contributed by atoms with Gasteiger partial charge in [-0.25, -0.2) is 0 Å². The zero-order valence-corrected chi connectivity index (χ0v) is 13.6. The number of carbonyl (C=O) groups is 1. The summed E-state index contributed by atoms with van der Waals surface area (Å²) in [5.41, 5.74) is 0.246. The Hall–Kier alpha value is -0.220. The summed E-state index contributed by atoms with van der Waals surface area (Å²) in [7, 11) is 3.55. The summed E-state index contributed by atoms with van der Waals surface area (Å²) in [4.78, 5) is 11.4. The fraction of sp³-hybridized carbons (Fsp3) is 0.933. The molecule has 4 heteroatoms. The number of hydrogen-bond donors (Lipinski definition) is 1. The minimum absolute atomic E-state index is 0.0510. The monoisotopic (exact) mass is 287 g/mol. The third-order valence-electron chi connectivity index (χ3n) is 4.13. The van der Waals surface area contributed by atoms with Crippen LogP contribution in [0.2, 0.25) is 0 Å². The van der Waals surface area contributed by atoms with Crippen LogP contribution in [0.5, 0.6) is 0 Å². The lowest BCUT2D eigenvalue weighted by atomic mass is 10.1. The van der Waals surface area contributed by atoms with Crippen LogP contribution in [-0.2, 0) is 9.53 Å². The Morgan fingerprint density at radius 3 is 2.53 bits per heavy atom. The minimum Gasteiger partial charge on any atom is -0.469 e. The zero-order chi connectivity index (χ0) is 14.3. The Kier molecular flexibility index (Phi) is 7.22. The zero-order valence-electron chi connectivity index (χ0n) is 12.8. The van der Waals surface area contributed by atoms with Crippen molar-refractivity contribution in [3.63, 3.8) is 0 Å². The number of carbonyl (C=O) groups excluding carboxylic acids is 1. The Balaban J connectivity index is 2.42. The fourth-order valence-corrected chi connectivity index (χ4v) is 4.26. The van der Waals surface area contributed by atoms with Gasteiger partial charge in [-0.3, -0.25) is 4.79 Å². The molecule has 1 aliphatic rings. The molecule has 0 spiro atoms. The van der Waals surface area contributed by atoms with Gasteiger partial charge in [0.05, 0.1) is 13.5 Å². The van der Waals surface area contributed by atoms with Crippen molar-refractivity contribution >= 4 is 17.7 Å². The molecule has 112 valence electrons. The van der Waals surface area contributed by atoms with E-state index in [4.69, 9.17) is 4.74 Å². The molecule has 0 aromatic rings. The minimum atomic E-state index is -0.0510. The molecule has 0 bridgehead atoms. The molecule has 1 fully saturated rings. The van der Waals surface area contributed by atoms with Crippen LogP contribution in [0.4, 0.5) is 0 Å². The Morgan fingerprint density at radius 1 is 1.42 bits per heavy atom. The Labute approximate surface area is 122 Å². The number of esters is 1. The first-order chi connectivity index (χ1) is 9.10. The second kappa shape index (κ2) is 8.15. The predicted octanol–water partition coefficient (Wildman–Crippen LogP) is 3.23. The Morgan fingerprint density at radius 2 is 2.11 bits per heavy atom. The van der Waals surface area contributed by atoms with Gasteiger partial charge in [0.1, 0.15) is 0 Å². The second-order valence-electron chi connectivity index (χ2n) is 5.69. The maximum Gasteiger partial charge on any atom is 0.306 e. The number of rotatable bonds is 10. The van der Waals surface area contributed by atoms with E-state index in [0.717, 1.165) is 5.75 Å². The van der Waals surface area contributed by atoms with E-state index in [1.54, 1.807) is 0 Å². The van der Waals surface area contributed by atoms with Crippen molar-refractivity contribution in [2.75, 3.05) is 19.9 Å². The third-order valence-corrected chi connectivity index (χ3v) is 6.00. The number of thioether (sulfide) groups is 1. The van der Waals surface area contributed by atoms with E-state index in [0.29, 0.717) is 17.7 Å². The van der Waals surface area contributed by atoms with Gasteiger partial charge in [-0.15, -0.1) is 0 Å². The van der Waals surface area contributed by atoms with Crippen molar-refractivity contribution in [2.24, 2.45) is 5.41 Å². The maximum absolute atomic E-state index is 11.4. The van der Waals surface area contributed by atoms with E-state index >= 15 is 0 Å². The quantitative estimate of drug-likeness (QED) is 0.626. The second-order valence-corrected chi connectivity index (χ2v) is 6.92. The molecule has 0 aromatic carbocycles. The standard InChI is InChI=1S/C15H29NO2S/c1-5-7-12(16-3)13(6-2)19-11-15(8-9-15)10-14(17)18-4/h12-13,16H,5-11H2,1-4H3. The van der Waals surface area contributed by atoms with Crippen LogP contribution in [0.1, 0.15) is 52.4 Å². The van der Waals surface area contributed by atoms with Crippen LogP contribution >= 0.6 is 11.8 Å². The van der Waals surface area contributed by atoms with Crippen LogP contribution in [0.3, 0.4) is 0 Å². The molecule has 1 aliphatic carbocycles. The summed E-state index contributed by atoms with van der Waals surface area (Å²) in [5, 5.41) is 4.10. The summed E-state index contributed by atoms with van der Waals surface area (Å²) < 4.78 is 4.81. The Bertz CT molecular complexity index is 279. The molecule has 19 heavy (non-hydrogen) atoms. The summed E-state index contributed by atoms with van der Waals surface area (Å²) in [6.45, 7) is 4.50. The SMILES string of the molecule is CCCC(NC)C(CC)SCC1(CC(=O)OC)CC1. The van der Waals surface area contributed by atoms with Crippen molar-refractivity contribution in [3.05, 3.63) is 0 Å². The molecule has 0 saturated heterocycles. The highest BCUT2D eigenvalue weighted by atomic mass is 32.2. The largest absolute Gasteiger partial charge is 0.469 e. The number of nitrogens with one attached hydrogen (secondary N) is 1. The van der Waals surface area contributed by atoms with Crippen LogP contribution in [0.25, 0.3) is 0 Å². The highest BCUT2D eigenvalue weighted by Crippen LogP contribution is 2.52. The maximum atomic E-state index is 11.4. The van der Waals surface area contributed by atoms with E-state index in [2.05, 4.69) is 26.2 Å². The average molecular weight is 287 g/mol. The van der Waals surface area contributed by atoms with E-state index in [1.807, 2.05) is 11.8 Å².